The lowest BCUT2D eigenvalue weighted by Crippen LogP contribution is -2.51. The first-order valence-electron chi connectivity index (χ1n) is 25.9. The summed E-state index contributed by atoms with van der Waals surface area (Å²) < 4.78 is 59.5. The van der Waals surface area contributed by atoms with E-state index in [9.17, 15) is 29.4 Å². The van der Waals surface area contributed by atoms with Crippen molar-refractivity contribution in [2.24, 2.45) is 0 Å². The molecule has 2 saturated carbocycles. The van der Waals surface area contributed by atoms with E-state index < -0.39 is 71.7 Å². The number of hydrogen-bond acceptors (Lipinski definition) is 8. The molecule has 2 aliphatic heterocycles. The molecule has 2 N–H and O–H groups in total. The van der Waals surface area contributed by atoms with E-state index in [0.717, 1.165) is 36.8 Å². The molecule has 2 fully saturated rings. The van der Waals surface area contributed by atoms with Gasteiger partial charge >= 0.3 is 11.9 Å². The SMILES string of the molecule is O=C(O)C[C@H]1Cc2c(OCc3ccccc3)cc(C3CCC(O[C@@H](C(=O)N4Cc5c(F)ccc(OCc6ccccc6)c5C[C@H]4C(=O)O)c4ccccc4)C3)c(F)c2CN1C(=O)[C@H](OC1CCCC1)c1ccccc1. The number of amides is 2. The smallest absolute Gasteiger partial charge is 0.326 e. The minimum atomic E-state index is -1.37. The molecule has 6 aromatic carbocycles. The lowest BCUT2D eigenvalue weighted by molar-refractivity contribution is -0.160. The topological polar surface area (TPSA) is 152 Å². The highest BCUT2D eigenvalue weighted by Crippen LogP contribution is 2.46. The van der Waals surface area contributed by atoms with E-state index in [1.54, 1.807) is 36.4 Å². The summed E-state index contributed by atoms with van der Waals surface area (Å²) in [6.07, 6.45) is 1.09. The van der Waals surface area contributed by atoms with Crippen LogP contribution in [-0.4, -0.2) is 68.1 Å². The molecular formula is C61H60F2N2O10. The minimum Gasteiger partial charge on any atom is -0.489 e. The third kappa shape index (κ3) is 11.5. The van der Waals surface area contributed by atoms with E-state index >= 15 is 8.78 Å². The first-order valence-corrected chi connectivity index (χ1v) is 25.9. The van der Waals surface area contributed by atoms with Gasteiger partial charge in [0.15, 0.2) is 12.2 Å². The number of fused-ring (bicyclic) bond motifs is 2. The summed E-state index contributed by atoms with van der Waals surface area (Å²) in [7, 11) is 0. The minimum absolute atomic E-state index is 0.0289. The first kappa shape index (κ1) is 51.1. The van der Waals surface area contributed by atoms with Crippen molar-refractivity contribution in [2.75, 3.05) is 0 Å². The van der Waals surface area contributed by atoms with Crippen molar-refractivity contribution in [2.45, 2.75) is 133 Å². The van der Waals surface area contributed by atoms with Crippen LogP contribution in [0.3, 0.4) is 0 Å². The average molecular weight is 1020 g/mol. The van der Waals surface area contributed by atoms with Crippen molar-refractivity contribution in [1.29, 1.82) is 0 Å². The Morgan fingerprint density at radius 2 is 1.11 bits per heavy atom. The number of carboxylic acids is 2. The molecule has 14 heteroatoms. The molecule has 2 amide bonds. The second kappa shape index (κ2) is 23.0. The molecule has 0 radical (unpaired) electrons. The lowest BCUT2D eigenvalue weighted by Gasteiger charge is -2.40. The fourth-order valence-electron chi connectivity index (χ4n) is 11.4. The van der Waals surface area contributed by atoms with Crippen LogP contribution in [-0.2, 0) is 67.8 Å². The maximum absolute atomic E-state index is 17.8. The van der Waals surface area contributed by atoms with E-state index in [4.69, 9.17) is 18.9 Å². The first-order chi connectivity index (χ1) is 36.5. The van der Waals surface area contributed by atoms with Gasteiger partial charge in [-0.2, -0.15) is 0 Å². The van der Waals surface area contributed by atoms with Crippen LogP contribution in [0, 0.1) is 11.6 Å². The summed E-state index contributed by atoms with van der Waals surface area (Å²) in [5.41, 5.74) is 4.49. The van der Waals surface area contributed by atoms with Crippen LogP contribution in [0.5, 0.6) is 11.5 Å². The molecule has 6 atom stereocenters. The highest BCUT2D eigenvalue weighted by atomic mass is 19.1. The molecule has 0 saturated heterocycles. The molecule has 2 heterocycles. The number of carboxylic acid groups (broad SMARTS) is 2. The van der Waals surface area contributed by atoms with E-state index in [1.807, 2.05) is 91.0 Å². The van der Waals surface area contributed by atoms with Gasteiger partial charge in [0.2, 0.25) is 0 Å². The van der Waals surface area contributed by atoms with Crippen molar-refractivity contribution >= 4 is 23.8 Å². The molecule has 6 aromatic rings. The second-order valence-electron chi connectivity index (χ2n) is 20.1. The van der Waals surface area contributed by atoms with Crippen molar-refractivity contribution in [1.82, 2.24) is 9.80 Å². The van der Waals surface area contributed by atoms with Gasteiger partial charge in [0, 0.05) is 47.8 Å². The van der Waals surface area contributed by atoms with Gasteiger partial charge in [-0.05, 0) is 90.5 Å². The number of carbonyl (C=O) groups excluding carboxylic acids is 2. The van der Waals surface area contributed by atoms with Crippen LogP contribution in [0.1, 0.15) is 120 Å². The van der Waals surface area contributed by atoms with Gasteiger partial charge in [-0.1, -0.05) is 134 Å². The number of halogens is 2. The fourth-order valence-corrected chi connectivity index (χ4v) is 11.4. The number of carbonyl (C=O) groups is 4. The molecule has 0 bridgehead atoms. The predicted molar refractivity (Wildman–Crippen MR) is 273 cm³/mol. The standard InChI is InChI=1S/C61H60F2N2O10/c62-51-27-28-53(72-36-38-15-5-1-6-16-38)48-32-52(61(70)71)65(34-49(48)51)60(69)58(41-21-11-4-12-22-41)75-45-26-25-42(29-45)46-33-54(73-37-39-17-7-2-8-18-39)47-30-43(31-55(66)67)64(35-50(47)56(46)63)59(68)57(40-19-9-3-10-20-40)74-44-23-13-14-24-44/h1-12,15-22,27-28,33,42-45,52,57-58H,13-14,23-26,29-32,34-37H2,(H,66,67)(H,70,71)/t42?,43-,45?,52+,57-,58-/m1/s1. The van der Waals surface area contributed by atoms with Gasteiger partial charge in [0.1, 0.15) is 42.4 Å². The van der Waals surface area contributed by atoms with Gasteiger partial charge < -0.3 is 39.0 Å². The third-order valence-corrected chi connectivity index (χ3v) is 15.3. The van der Waals surface area contributed by atoms with Gasteiger partial charge in [-0.3, -0.25) is 14.4 Å². The Balaban J connectivity index is 0.944. The second-order valence-corrected chi connectivity index (χ2v) is 20.1. The van der Waals surface area contributed by atoms with Crippen LogP contribution in [0.25, 0.3) is 0 Å². The monoisotopic (exact) mass is 1020 g/mol. The summed E-state index contributed by atoms with van der Waals surface area (Å²) in [6, 6.07) is 39.1. The van der Waals surface area contributed by atoms with E-state index in [1.165, 1.54) is 21.9 Å². The highest BCUT2D eigenvalue weighted by Gasteiger charge is 2.44. The van der Waals surface area contributed by atoms with Crippen molar-refractivity contribution in [3.63, 3.8) is 0 Å². The molecule has 388 valence electrons. The van der Waals surface area contributed by atoms with Crippen LogP contribution >= 0.6 is 0 Å². The molecular weight excluding hydrogens is 959 g/mol. The number of aliphatic carboxylic acids is 2. The summed E-state index contributed by atoms with van der Waals surface area (Å²) in [5, 5.41) is 20.9. The van der Waals surface area contributed by atoms with Gasteiger partial charge in [0.05, 0.1) is 18.6 Å². The Labute approximate surface area is 434 Å². The quantitative estimate of drug-likeness (QED) is 0.0851. The normalized spacial score (nSPS) is 20.2. The Bertz CT molecular complexity index is 2990. The van der Waals surface area contributed by atoms with Crippen LogP contribution in [0.4, 0.5) is 8.78 Å². The zero-order valence-corrected chi connectivity index (χ0v) is 41.5. The van der Waals surface area contributed by atoms with E-state index in [0.29, 0.717) is 52.2 Å². The molecule has 0 spiro atoms. The molecule has 75 heavy (non-hydrogen) atoms. The Morgan fingerprint density at radius 1 is 0.573 bits per heavy atom. The van der Waals surface area contributed by atoms with Crippen LogP contribution in [0.2, 0.25) is 0 Å². The lowest BCUT2D eigenvalue weighted by atomic mass is 9.85. The summed E-state index contributed by atoms with van der Waals surface area (Å²) >= 11 is 0. The summed E-state index contributed by atoms with van der Waals surface area (Å²) in [5.74, 6) is -4.27. The largest absolute Gasteiger partial charge is 0.489 e. The zero-order chi connectivity index (χ0) is 52.0. The van der Waals surface area contributed by atoms with Gasteiger partial charge in [0.25, 0.3) is 11.8 Å². The van der Waals surface area contributed by atoms with Crippen molar-refractivity contribution < 1.29 is 57.1 Å². The molecule has 10 rings (SSSR count). The molecule has 2 unspecified atom stereocenters. The molecule has 0 aromatic heterocycles. The fraction of sp³-hybridized carbons (Fsp3) is 0.344. The molecule has 4 aliphatic rings. The van der Waals surface area contributed by atoms with Gasteiger partial charge in [-0.25, -0.2) is 13.6 Å². The van der Waals surface area contributed by atoms with Crippen LogP contribution < -0.4 is 9.47 Å². The zero-order valence-electron chi connectivity index (χ0n) is 41.5. The summed E-state index contributed by atoms with van der Waals surface area (Å²) in [4.78, 5) is 58.1. The molecule has 2 aliphatic carbocycles. The highest BCUT2D eigenvalue weighted by molar-refractivity contribution is 5.88. The number of ether oxygens (including phenoxy) is 4. The van der Waals surface area contributed by atoms with Gasteiger partial charge in [-0.15, -0.1) is 0 Å². The Kier molecular flexibility index (Phi) is 15.7. The number of hydrogen-bond donors (Lipinski definition) is 2. The van der Waals surface area contributed by atoms with Crippen LogP contribution in [0.15, 0.2) is 140 Å². The number of benzene rings is 6. The number of rotatable bonds is 18. The van der Waals surface area contributed by atoms with E-state index in [2.05, 4.69) is 0 Å². The predicted octanol–water partition coefficient (Wildman–Crippen LogP) is 11.0. The van der Waals surface area contributed by atoms with Crippen molar-refractivity contribution in [3.8, 4) is 11.5 Å². The summed E-state index contributed by atoms with van der Waals surface area (Å²) in [6.45, 7) is -0.221. The maximum atomic E-state index is 17.8. The number of nitrogens with zero attached hydrogens (tertiary/aromatic N) is 2. The molecule has 12 nitrogen and oxygen atoms in total. The maximum Gasteiger partial charge on any atom is 0.326 e. The third-order valence-electron chi connectivity index (χ3n) is 15.3. The van der Waals surface area contributed by atoms with E-state index in [-0.39, 0.29) is 69.2 Å². The average Bonchev–Trinajstić information content (AvgIpc) is 4.14. The van der Waals surface area contributed by atoms with Crippen molar-refractivity contribution in [3.05, 3.63) is 201 Å². The Hall–Kier alpha value is -7.42. The Morgan fingerprint density at radius 3 is 1.69 bits per heavy atom.